The summed E-state index contributed by atoms with van der Waals surface area (Å²) >= 11 is 0. The molecular formula is C12H15N3O4. The van der Waals surface area contributed by atoms with Gasteiger partial charge in [-0.3, -0.25) is 14.9 Å². The van der Waals surface area contributed by atoms with Crippen molar-refractivity contribution in [2.24, 2.45) is 0 Å². The molecule has 7 heteroatoms. The summed E-state index contributed by atoms with van der Waals surface area (Å²) in [5, 5.41) is 16.9. The number of carbonyl (C=O) groups is 1. The molecule has 0 aromatic heterocycles. The third kappa shape index (κ3) is 3.00. The second kappa shape index (κ2) is 5.66. The van der Waals surface area contributed by atoms with Gasteiger partial charge in [-0.2, -0.15) is 0 Å². The molecule has 1 aliphatic heterocycles. The summed E-state index contributed by atoms with van der Waals surface area (Å²) in [5.74, 6) is -0.163. The number of hydrogen-bond donors (Lipinski definition) is 2. The predicted molar refractivity (Wildman–Crippen MR) is 68.4 cm³/mol. The molecule has 0 saturated carbocycles. The van der Waals surface area contributed by atoms with Gasteiger partial charge in [-0.1, -0.05) is 0 Å². The van der Waals surface area contributed by atoms with E-state index in [1.165, 1.54) is 25.3 Å². The number of nitro groups is 1. The molecular weight excluding hydrogens is 250 g/mol. The Balaban J connectivity index is 2.17. The number of amides is 1. The maximum absolute atomic E-state index is 12.0. The first-order chi connectivity index (χ1) is 9.11. The van der Waals surface area contributed by atoms with E-state index in [4.69, 9.17) is 4.74 Å². The van der Waals surface area contributed by atoms with Gasteiger partial charge in [-0.15, -0.1) is 0 Å². The molecule has 102 valence electrons. The summed E-state index contributed by atoms with van der Waals surface area (Å²) in [7, 11) is 1.35. The largest absolute Gasteiger partial charge is 0.490 e. The number of methoxy groups -OCH3 is 1. The summed E-state index contributed by atoms with van der Waals surface area (Å²) in [4.78, 5) is 22.3. The number of nitrogens with zero attached hydrogens (tertiary/aromatic N) is 1. The molecule has 2 rings (SSSR count). The molecule has 0 radical (unpaired) electrons. The van der Waals surface area contributed by atoms with Crippen molar-refractivity contribution in [1.82, 2.24) is 10.6 Å². The predicted octanol–water partition coefficient (Wildman–Crippen LogP) is 0.695. The van der Waals surface area contributed by atoms with Crippen molar-refractivity contribution in [3.8, 4) is 5.75 Å². The molecule has 0 bridgehead atoms. The Morgan fingerprint density at radius 3 is 2.95 bits per heavy atom. The highest BCUT2D eigenvalue weighted by Gasteiger charge is 2.21. The summed E-state index contributed by atoms with van der Waals surface area (Å²) in [6.45, 7) is 1.59. The van der Waals surface area contributed by atoms with Crippen LogP contribution in [0.3, 0.4) is 0 Å². The monoisotopic (exact) mass is 265 g/mol. The summed E-state index contributed by atoms with van der Waals surface area (Å²) in [6, 6.07) is 4.26. The molecule has 0 aliphatic carbocycles. The number of ether oxygens (including phenoxy) is 1. The van der Waals surface area contributed by atoms with Crippen LogP contribution in [-0.4, -0.2) is 37.1 Å². The van der Waals surface area contributed by atoms with Crippen LogP contribution in [0.5, 0.6) is 5.75 Å². The van der Waals surface area contributed by atoms with Crippen molar-refractivity contribution in [1.29, 1.82) is 0 Å². The maximum Gasteiger partial charge on any atom is 0.311 e. The minimum absolute atomic E-state index is 0.0775. The van der Waals surface area contributed by atoms with Crippen LogP contribution in [0.1, 0.15) is 16.8 Å². The topological polar surface area (TPSA) is 93.5 Å². The Morgan fingerprint density at radius 2 is 2.37 bits per heavy atom. The standard InChI is InChI=1S/C12H15N3O4/c1-19-11-3-2-8(6-10(11)15(17)18)12(16)14-9-4-5-13-7-9/h2-3,6,9,13H,4-5,7H2,1H3,(H,14,16)/t9-/m1/s1. The molecule has 0 unspecified atom stereocenters. The van der Waals surface area contributed by atoms with Gasteiger partial charge in [0, 0.05) is 24.2 Å². The lowest BCUT2D eigenvalue weighted by Gasteiger charge is -2.11. The van der Waals surface area contributed by atoms with E-state index in [1.807, 2.05) is 0 Å². The number of hydrogen-bond acceptors (Lipinski definition) is 5. The van der Waals surface area contributed by atoms with E-state index in [0.29, 0.717) is 0 Å². The second-order valence-corrected chi connectivity index (χ2v) is 4.31. The fraction of sp³-hybridized carbons (Fsp3) is 0.417. The van der Waals surface area contributed by atoms with E-state index in [2.05, 4.69) is 10.6 Å². The SMILES string of the molecule is COc1ccc(C(=O)N[C@@H]2CCNC2)cc1[N+](=O)[O-]. The summed E-state index contributed by atoms with van der Waals surface area (Å²) < 4.78 is 4.89. The van der Waals surface area contributed by atoms with Crippen LogP contribution in [0.2, 0.25) is 0 Å². The fourth-order valence-electron chi connectivity index (χ4n) is 2.02. The Labute approximate surface area is 110 Å². The van der Waals surface area contributed by atoms with Gasteiger partial charge in [0.2, 0.25) is 0 Å². The summed E-state index contributed by atoms with van der Waals surface area (Å²) in [6.07, 6.45) is 0.865. The minimum Gasteiger partial charge on any atom is -0.490 e. The van der Waals surface area contributed by atoms with Gasteiger partial charge >= 0.3 is 5.69 Å². The fourth-order valence-corrected chi connectivity index (χ4v) is 2.02. The number of nitro benzene ring substituents is 1. The van der Waals surface area contributed by atoms with Crippen molar-refractivity contribution >= 4 is 11.6 Å². The highest BCUT2D eigenvalue weighted by molar-refractivity contribution is 5.95. The van der Waals surface area contributed by atoms with Crippen LogP contribution in [-0.2, 0) is 0 Å². The molecule has 2 N–H and O–H groups in total. The molecule has 7 nitrogen and oxygen atoms in total. The number of benzene rings is 1. The van der Waals surface area contributed by atoms with Gasteiger partial charge in [-0.05, 0) is 25.1 Å². The zero-order valence-electron chi connectivity index (χ0n) is 10.5. The molecule has 1 aromatic rings. The third-order valence-corrected chi connectivity index (χ3v) is 3.03. The first-order valence-corrected chi connectivity index (χ1v) is 5.96. The number of carbonyl (C=O) groups excluding carboxylic acids is 1. The molecule has 0 spiro atoms. The van der Waals surface area contributed by atoms with Crippen LogP contribution in [0.4, 0.5) is 5.69 Å². The van der Waals surface area contributed by atoms with Crippen molar-refractivity contribution in [3.63, 3.8) is 0 Å². The van der Waals surface area contributed by atoms with Gasteiger partial charge in [-0.25, -0.2) is 0 Å². The Bertz CT molecular complexity index is 498. The van der Waals surface area contributed by atoms with Crippen molar-refractivity contribution in [2.75, 3.05) is 20.2 Å². The van der Waals surface area contributed by atoms with E-state index in [9.17, 15) is 14.9 Å². The average Bonchev–Trinajstić information content (AvgIpc) is 2.90. The van der Waals surface area contributed by atoms with Gasteiger partial charge in [0.05, 0.1) is 12.0 Å². The zero-order valence-corrected chi connectivity index (χ0v) is 10.5. The molecule has 1 atom stereocenters. The van der Waals surface area contributed by atoms with Crippen molar-refractivity contribution in [2.45, 2.75) is 12.5 Å². The molecule has 1 heterocycles. The smallest absolute Gasteiger partial charge is 0.311 e. The Kier molecular flexibility index (Phi) is 3.96. The lowest BCUT2D eigenvalue weighted by molar-refractivity contribution is -0.385. The van der Waals surface area contributed by atoms with Crippen LogP contribution < -0.4 is 15.4 Å². The normalized spacial score (nSPS) is 18.1. The van der Waals surface area contributed by atoms with Crippen LogP contribution in [0, 0.1) is 10.1 Å². The number of rotatable bonds is 4. The third-order valence-electron chi connectivity index (χ3n) is 3.03. The number of nitrogens with one attached hydrogen (secondary N) is 2. The second-order valence-electron chi connectivity index (χ2n) is 4.31. The minimum atomic E-state index is -0.563. The highest BCUT2D eigenvalue weighted by Crippen LogP contribution is 2.27. The van der Waals surface area contributed by atoms with Gasteiger partial charge in [0.25, 0.3) is 5.91 Å². The first kappa shape index (κ1) is 13.3. The van der Waals surface area contributed by atoms with E-state index in [0.717, 1.165) is 19.5 Å². The maximum atomic E-state index is 12.0. The molecule has 19 heavy (non-hydrogen) atoms. The van der Waals surface area contributed by atoms with Crippen LogP contribution >= 0.6 is 0 Å². The van der Waals surface area contributed by atoms with Gasteiger partial charge in [0.15, 0.2) is 5.75 Å². The Hall–Kier alpha value is -2.15. The van der Waals surface area contributed by atoms with E-state index >= 15 is 0 Å². The average molecular weight is 265 g/mol. The molecule has 1 aromatic carbocycles. The zero-order chi connectivity index (χ0) is 13.8. The van der Waals surface area contributed by atoms with Crippen molar-refractivity contribution < 1.29 is 14.5 Å². The quantitative estimate of drug-likeness (QED) is 0.617. The molecule has 1 fully saturated rings. The van der Waals surface area contributed by atoms with Crippen LogP contribution in [0.25, 0.3) is 0 Å². The van der Waals surface area contributed by atoms with E-state index in [1.54, 1.807) is 0 Å². The molecule has 1 amide bonds. The van der Waals surface area contributed by atoms with E-state index in [-0.39, 0.29) is 28.9 Å². The summed E-state index contributed by atoms with van der Waals surface area (Å²) in [5.41, 5.74) is 0.0547. The van der Waals surface area contributed by atoms with Gasteiger partial charge < -0.3 is 15.4 Å². The molecule has 1 aliphatic rings. The Morgan fingerprint density at radius 1 is 1.58 bits per heavy atom. The van der Waals surface area contributed by atoms with E-state index < -0.39 is 4.92 Å². The van der Waals surface area contributed by atoms with Crippen molar-refractivity contribution in [3.05, 3.63) is 33.9 Å². The van der Waals surface area contributed by atoms with Crippen LogP contribution in [0.15, 0.2) is 18.2 Å². The first-order valence-electron chi connectivity index (χ1n) is 5.96. The highest BCUT2D eigenvalue weighted by atomic mass is 16.6. The lowest BCUT2D eigenvalue weighted by atomic mass is 10.1. The molecule has 1 saturated heterocycles. The lowest BCUT2D eigenvalue weighted by Crippen LogP contribution is -2.36. The van der Waals surface area contributed by atoms with Gasteiger partial charge in [0.1, 0.15) is 0 Å².